The normalized spacial score (nSPS) is 15.6. The minimum atomic E-state index is -3.37. The highest BCUT2D eigenvalue weighted by Crippen LogP contribution is 2.28. The smallest absolute Gasteiger partial charge is 0.410 e. The van der Waals surface area contributed by atoms with Crippen LogP contribution in [0.2, 0.25) is 0 Å². The van der Waals surface area contributed by atoms with Crippen LogP contribution in [0.1, 0.15) is 52.0 Å². The van der Waals surface area contributed by atoms with Gasteiger partial charge in [-0.05, 0) is 82.2 Å². The average Bonchev–Trinajstić information content (AvgIpc) is 3.30. The number of para-hydroxylation sites is 2. The fourth-order valence-corrected chi connectivity index (χ4v) is 5.33. The molecular formula is C29H37N5O5S. The summed E-state index contributed by atoms with van der Waals surface area (Å²) >= 11 is 0. The lowest BCUT2D eigenvalue weighted by atomic mass is 9.89. The maximum absolute atomic E-state index is 13.5. The van der Waals surface area contributed by atoms with Gasteiger partial charge in [-0.25, -0.2) is 18.2 Å². The molecule has 1 fully saturated rings. The van der Waals surface area contributed by atoms with Crippen molar-refractivity contribution in [3.63, 3.8) is 0 Å². The molecule has 1 saturated heterocycles. The molecule has 11 heteroatoms. The third kappa shape index (κ3) is 7.41. The van der Waals surface area contributed by atoms with Gasteiger partial charge in [0.2, 0.25) is 5.95 Å². The molecule has 2 heterocycles. The van der Waals surface area contributed by atoms with Gasteiger partial charge in [-0.15, -0.1) is 0 Å². The van der Waals surface area contributed by atoms with Gasteiger partial charge in [-0.2, -0.15) is 0 Å². The molecule has 4 rings (SSSR count). The van der Waals surface area contributed by atoms with Crippen molar-refractivity contribution in [3.05, 3.63) is 59.7 Å². The Bertz CT molecular complexity index is 1480. The standard InChI is InChI=1S/C29H37N5O5S/c1-29(2,3)39-28(36)34-17-15-19(16-18-34)9-14-22(25(30)20-10-12-21(13-11-20)40(4,37)38)26(35)33-27-31-23-7-5-6-8-24(23)32-27/h5-8,10-13,19H,9,14-18,30H2,1-4H3,(H2,31,32,33,35). The van der Waals surface area contributed by atoms with Crippen LogP contribution in [0.15, 0.2) is 59.0 Å². The number of piperidine rings is 1. The summed E-state index contributed by atoms with van der Waals surface area (Å²) in [5, 5.41) is 2.84. The molecule has 0 atom stereocenters. The Labute approximate surface area is 234 Å². The molecule has 1 aliphatic heterocycles. The number of anilines is 1. The lowest BCUT2D eigenvalue weighted by Gasteiger charge is -2.33. The van der Waals surface area contributed by atoms with E-state index < -0.39 is 15.4 Å². The molecule has 2 aromatic carbocycles. The number of benzene rings is 2. The number of amides is 2. The van der Waals surface area contributed by atoms with E-state index in [1.54, 1.807) is 17.0 Å². The zero-order valence-corrected chi connectivity index (χ0v) is 24.2. The lowest BCUT2D eigenvalue weighted by Crippen LogP contribution is -2.41. The zero-order valence-electron chi connectivity index (χ0n) is 23.4. The highest BCUT2D eigenvalue weighted by molar-refractivity contribution is 7.90. The highest BCUT2D eigenvalue weighted by atomic mass is 32.2. The third-order valence-corrected chi connectivity index (χ3v) is 8.01. The molecule has 40 heavy (non-hydrogen) atoms. The summed E-state index contributed by atoms with van der Waals surface area (Å²) in [6.45, 7) is 6.72. The van der Waals surface area contributed by atoms with Crippen molar-refractivity contribution in [3.8, 4) is 0 Å². The van der Waals surface area contributed by atoms with Crippen molar-refractivity contribution < 1.29 is 22.7 Å². The Kier molecular flexibility index (Phi) is 8.53. The van der Waals surface area contributed by atoms with Gasteiger partial charge in [0.15, 0.2) is 9.84 Å². The minimum absolute atomic E-state index is 0.175. The molecule has 4 N–H and O–H groups in total. The summed E-state index contributed by atoms with van der Waals surface area (Å²) in [6, 6.07) is 13.7. The van der Waals surface area contributed by atoms with Crippen LogP contribution < -0.4 is 11.1 Å². The van der Waals surface area contributed by atoms with E-state index >= 15 is 0 Å². The summed E-state index contributed by atoms with van der Waals surface area (Å²) in [5.74, 6) is 0.234. The number of nitrogens with one attached hydrogen (secondary N) is 2. The third-order valence-electron chi connectivity index (χ3n) is 6.88. The van der Waals surface area contributed by atoms with E-state index in [4.69, 9.17) is 10.5 Å². The van der Waals surface area contributed by atoms with E-state index in [1.807, 2.05) is 45.0 Å². The molecule has 2 amide bonds. The number of H-pyrrole nitrogens is 1. The topological polar surface area (TPSA) is 147 Å². The van der Waals surface area contributed by atoms with E-state index in [-0.39, 0.29) is 22.6 Å². The van der Waals surface area contributed by atoms with Crippen molar-refractivity contribution in [2.75, 3.05) is 24.7 Å². The maximum atomic E-state index is 13.5. The van der Waals surface area contributed by atoms with Crippen LogP contribution >= 0.6 is 0 Å². The molecule has 0 bridgehead atoms. The number of carbonyl (C=O) groups is 2. The van der Waals surface area contributed by atoms with Crippen LogP contribution in [-0.4, -0.2) is 60.2 Å². The van der Waals surface area contributed by atoms with Gasteiger partial charge in [0, 0.05) is 30.6 Å². The molecule has 0 unspecified atom stereocenters. The van der Waals surface area contributed by atoms with Crippen LogP contribution in [0.25, 0.3) is 16.7 Å². The molecule has 0 spiro atoms. The van der Waals surface area contributed by atoms with Crippen LogP contribution in [0.4, 0.5) is 10.7 Å². The van der Waals surface area contributed by atoms with Crippen molar-refractivity contribution in [2.45, 2.75) is 57.0 Å². The first-order chi connectivity index (χ1) is 18.8. The molecule has 0 radical (unpaired) electrons. The fraction of sp³-hybridized carbons (Fsp3) is 0.414. The number of aromatic nitrogens is 2. The van der Waals surface area contributed by atoms with Crippen LogP contribution in [0.3, 0.4) is 0 Å². The second-order valence-corrected chi connectivity index (χ2v) is 13.2. The Balaban J connectivity index is 1.51. The number of likely N-dealkylation sites (tertiary alicyclic amines) is 1. The van der Waals surface area contributed by atoms with Crippen molar-refractivity contribution in [1.29, 1.82) is 0 Å². The van der Waals surface area contributed by atoms with E-state index in [0.29, 0.717) is 48.9 Å². The van der Waals surface area contributed by atoms with Gasteiger partial charge >= 0.3 is 6.09 Å². The van der Waals surface area contributed by atoms with Gasteiger partial charge in [-0.1, -0.05) is 24.3 Å². The number of nitrogens with zero attached hydrogens (tertiary/aromatic N) is 2. The number of sulfone groups is 1. The summed E-state index contributed by atoms with van der Waals surface area (Å²) in [7, 11) is -3.37. The van der Waals surface area contributed by atoms with Gasteiger partial charge < -0.3 is 20.4 Å². The van der Waals surface area contributed by atoms with E-state index in [2.05, 4.69) is 15.3 Å². The zero-order chi connectivity index (χ0) is 29.1. The van der Waals surface area contributed by atoms with Crippen molar-refractivity contribution in [1.82, 2.24) is 14.9 Å². The monoisotopic (exact) mass is 567 g/mol. The second-order valence-electron chi connectivity index (χ2n) is 11.2. The molecule has 214 valence electrons. The molecule has 1 aliphatic rings. The second kappa shape index (κ2) is 11.7. The number of ether oxygens (including phenoxy) is 1. The SMILES string of the molecule is CC(C)(C)OC(=O)N1CCC(CCC(C(=O)Nc2nc3ccccc3[nH]2)=C(N)c2ccc(S(C)(=O)=O)cc2)CC1. The first kappa shape index (κ1) is 29.1. The Hall–Kier alpha value is -3.86. The Morgan fingerprint density at radius 2 is 1.75 bits per heavy atom. The number of nitrogens with two attached hydrogens (primary N) is 1. The average molecular weight is 568 g/mol. The van der Waals surface area contributed by atoms with Crippen LogP contribution in [-0.2, 0) is 19.4 Å². The number of carbonyl (C=O) groups excluding carboxylic acids is 2. The van der Waals surface area contributed by atoms with E-state index in [0.717, 1.165) is 30.1 Å². The molecule has 10 nitrogen and oxygen atoms in total. The summed E-state index contributed by atoms with van der Waals surface area (Å²) < 4.78 is 29.3. The van der Waals surface area contributed by atoms with Gasteiger partial charge in [-0.3, -0.25) is 10.1 Å². The number of hydrogen-bond acceptors (Lipinski definition) is 7. The first-order valence-corrected chi connectivity index (χ1v) is 15.2. The van der Waals surface area contributed by atoms with Crippen LogP contribution in [0, 0.1) is 5.92 Å². The van der Waals surface area contributed by atoms with Gasteiger partial charge in [0.1, 0.15) is 5.60 Å². The summed E-state index contributed by atoms with van der Waals surface area (Å²) in [6.07, 6.45) is 3.53. The highest BCUT2D eigenvalue weighted by Gasteiger charge is 2.28. The van der Waals surface area contributed by atoms with Gasteiger partial charge in [0.05, 0.1) is 15.9 Å². The molecule has 3 aromatic rings. The molecule has 0 saturated carbocycles. The predicted octanol–water partition coefficient (Wildman–Crippen LogP) is 4.70. The number of hydrogen-bond donors (Lipinski definition) is 3. The van der Waals surface area contributed by atoms with Crippen LogP contribution in [0.5, 0.6) is 0 Å². The Morgan fingerprint density at radius 3 is 2.35 bits per heavy atom. The fourth-order valence-electron chi connectivity index (χ4n) is 4.70. The quantitative estimate of drug-likeness (QED) is 0.351. The first-order valence-electron chi connectivity index (χ1n) is 13.3. The number of imidazole rings is 1. The minimum Gasteiger partial charge on any atom is -0.444 e. The van der Waals surface area contributed by atoms with E-state index in [9.17, 15) is 18.0 Å². The summed E-state index contributed by atoms with van der Waals surface area (Å²) in [4.78, 5) is 35.4. The number of fused-ring (bicyclic) bond motifs is 1. The van der Waals surface area contributed by atoms with Gasteiger partial charge in [0.25, 0.3) is 5.91 Å². The summed E-state index contributed by atoms with van der Waals surface area (Å²) in [5.41, 5.74) is 8.74. The van der Waals surface area contributed by atoms with Crippen molar-refractivity contribution in [2.24, 2.45) is 11.7 Å². The van der Waals surface area contributed by atoms with E-state index in [1.165, 1.54) is 12.1 Å². The number of rotatable bonds is 7. The molecule has 1 aromatic heterocycles. The number of aromatic amines is 1. The van der Waals surface area contributed by atoms with Crippen molar-refractivity contribution >= 4 is 44.5 Å². The maximum Gasteiger partial charge on any atom is 0.410 e. The molecule has 0 aliphatic carbocycles. The predicted molar refractivity (Wildman–Crippen MR) is 155 cm³/mol. The largest absolute Gasteiger partial charge is 0.444 e. The lowest BCUT2D eigenvalue weighted by molar-refractivity contribution is -0.113. The Morgan fingerprint density at radius 1 is 1.10 bits per heavy atom. The molecular weight excluding hydrogens is 530 g/mol.